The maximum Gasteiger partial charge on any atom is 0.407 e. The molecule has 0 aliphatic rings. The molecule has 0 aliphatic carbocycles. The van der Waals surface area contributed by atoms with Crippen molar-refractivity contribution in [2.24, 2.45) is 5.73 Å². The Kier molecular flexibility index (Phi) is 5.95. The van der Waals surface area contributed by atoms with E-state index in [-0.39, 0.29) is 6.04 Å². The van der Waals surface area contributed by atoms with Crippen molar-refractivity contribution in [3.05, 3.63) is 0 Å². The molecule has 1 amide bonds. The highest BCUT2D eigenvalue weighted by atomic mass is 32.2. The van der Waals surface area contributed by atoms with E-state index in [1.807, 2.05) is 27.0 Å². The van der Waals surface area contributed by atoms with Gasteiger partial charge in [0.1, 0.15) is 5.60 Å². The summed E-state index contributed by atoms with van der Waals surface area (Å²) in [5.41, 5.74) is 5.03. The first-order valence-electron chi connectivity index (χ1n) is 4.57. The summed E-state index contributed by atoms with van der Waals surface area (Å²) in [5.74, 6) is 0.801. The second kappa shape index (κ2) is 6.14. The fraction of sp³-hybridized carbons (Fsp3) is 0.889. The van der Waals surface area contributed by atoms with Crippen LogP contribution < -0.4 is 11.1 Å². The summed E-state index contributed by atoms with van der Waals surface area (Å²) in [4.78, 5) is 11.3. The molecule has 0 spiro atoms. The van der Waals surface area contributed by atoms with Crippen LogP contribution in [0.4, 0.5) is 4.79 Å². The molecule has 14 heavy (non-hydrogen) atoms. The first-order chi connectivity index (χ1) is 6.39. The predicted molar refractivity (Wildman–Crippen MR) is 60.6 cm³/mol. The molecule has 0 aromatic carbocycles. The number of hydrogen-bond donors (Lipinski definition) is 2. The Labute approximate surface area is 89.9 Å². The summed E-state index contributed by atoms with van der Waals surface area (Å²) in [5, 5.41) is 2.72. The Morgan fingerprint density at radius 2 is 2.14 bits per heavy atom. The van der Waals surface area contributed by atoms with Gasteiger partial charge in [0.05, 0.1) is 6.04 Å². The van der Waals surface area contributed by atoms with Crippen molar-refractivity contribution >= 4 is 17.9 Å². The Bertz CT molecular complexity index is 180. The third-order valence-corrected chi connectivity index (χ3v) is 2.11. The molecule has 0 saturated heterocycles. The summed E-state index contributed by atoms with van der Waals surface area (Å²) in [6, 6.07) is -0.0140. The van der Waals surface area contributed by atoms with E-state index in [0.717, 1.165) is 5.75 Å². The lowest BCUT2D eigenvalue weighted by molar-refractivity contribution is 0.0511. The van der Waals surface area contributed by atoms with Gasteiger partial charge < -0.3 is 15.8 Å². The van der Waals surface area contributed by atoms with Gasteiger partial charge in [0, 0.05) is 12.3 Å². The number of carbonyl (C=O) groups excluding carboxylic acids is 1. The van der Waals surface area contributed by atoms with Gasteiger partial charge in [-0.05, 0) is 27.0 Å². The van der Waals surface area contributed by atoms with Gasteiger partial charge in [0.25, 0.3) is 0 Å². The van der Waals surface area contributed by atoms with Crippen molar-refractivity contribution < 1.29 is 9.53 Å². The van der Waals surface area contributed by atoms with E-state index in [9.17, 15) is 4.79 Å². The highest BCUT2D eigenvalue weighted by Gasteiger charge is 2.18. The molecule has 1 atom stereocenters. The zero-order valence-electron chi connectivity index (χ0n) is 9.29. The van der Waals surface area contributed by atoms with Gasteiger partial charge in [0.15, 0.2) is 0 Å². The molecule has 0 aromatic rings. The molecule has 0 bridgehead atoms. The minimum atomic E-state index is -0.456. The van der Waals surface area contributed by atoms with E-state index in [1.54, 1.807) is 11.8 Å². The van der Waals surface area contributed by atoms with Crippen LogP contribution in [0, 0.1) is 0 Å². The molecule has 0 aliphatic heterocycles. The number of alkyl carbamates (subject to hydrolysis) is 1. The summed E-state index contributed by atoms with van der Waals surface area (Å²) < 4.78 is 5.10. The van der Waals surface area contributed by atoms with Crippen molar-refractivity contribution in [1.29, 1.82) is 0 Å². The number of ether oxygens (including phenoxy) is 1. The van der Waals surface area contributed by atoms with Crippen LogP contribution in [0.5, 0.6) is 0 Å². The molecular weight excluding hydrogens is 200 g/mol. The molecule has 4 nitrogen and oxygen atoms in total. The van der Waals surface area contributed by atoms with Crippen molar-refractivity contribution in [2.45, 2.75) is 32.4 Å². The highest BCUT2D eigenvalue weighted by molar-refractivity contribution is 7.98. The molecule has 0 fully saturated rings. The maximum absolute atomic E-state index is 11.3. The second-order valence-corrected chi connectivity index (χ2v) is 4.94. The van der Waals surface area contributed by atoms with Gasteiger partial charge in [-0.15, -0.1) is 0 Å². The molecule has 0 heterocycles. The molecule has 0 unspecified atom stereocenters. The lowest BCUT2D eigenvalue weighted by Crippen LogP contribution is -2.44. The largest absolute Gasteiger partial charge is 0.444 e. The molecule has 0 aromatic heterocycles. The van der Waals surface area contributed by atoms with E-state index in [4.69, 9.17) is 10.5 Å². The summed E-state index contributed by atoms with van der Waals surface area (Å²) >= 11 is 1.64. The Morgan fingerprint density at radius 1 is 1.57 bits per heavy atom. The van der Waals surface area contributed by atoms with Crippen LogP contribution in [-0.2, 0) is 4.74 Å². The monoisotopic (exact) mass is 220 g/mol. The van der Waals surface area contributed by atoms with Crippen molar-refractivity contribution in [1.82, 2.24) is 5.32 Å². The molecule has 3 N–H and O–H groups in total. The first kappa shape index (κ1) is 13.6. The average Bonchev–Trinajstić information content (AvgIpc) is 2.00. The maximum atomic E-state index is 11.3. The van der Waals surface area contributed by atoms with Gasteiger partial charge in [-0.1, -0.05) is 0 Å². The normalized spacial score (nSPS) is 13.5. The zero-order valence-corrected chi connectivity index (χ0v) is 10.1. The Hall–Kier alpha value is -0.420. The van der Waals surface area contributed by atoms with E-state index >= 15 is 0 Å². The van der Waals surface area contributed by atoms with Gasteiger partial charge in [0.2, 0.25) is 0 Å². The number of nitrogens with one attached hydrogen (secondary N) is 1. The molecule has 5 heteroatoms. The van der Waals surface area contributed by atoms with Crippen LogP contribution in [0.3, 0.4) is 0 Å². The van der Waals surface area contributed by atoms with Gasteiger partial charge in [-0.25, -0.2) is 4.79 Å². The minimum absolute atomic E-state index is 0.0140. The number of rotatable bonds is 4. The number of thioether (sulfide) groups is 1. The van der Waals surface area contributed by atoms with Gasteiger partial charge in [-0.2, -0.15) is 11.8 Å². The molecule has 0 rings (SSSR count). The quantitative estimate of drug-likeness (QED) is 0.747. The van der Waals surface area contributed by atoms with E-state index in [1.165, 1.54) is 0 Å². The second-order valence-electron chi connectivity index (χ2n) is 4.03. The van der Waals surface area contributed by atoms with E-state index in [2.05, 4.69) is 5.32 Å². The van der Waals surface area contributed by atoms with Crippen LogP contribution in [-0.4, -0.2) is 36.3 Å². The predicted octanol–water partition coefficient (Wildman–Crippen LogP) is 1.20. The van der Waals surface area contributed by atoms with E-state index in [0.29, 0.717) is 6.54 Å². The molecule has 84 valence electrons. The Morgan fingerprint density at radius 3 is 2.50 bits per heavy atom. The van der Waals surface area contributed by atoms with Crippen LogP contribution in [0.25, 0.3) is 0 Å². The minimum Gasteiger partial charge on any atom is -0.444 e. The number of hydrogen-bond acceptors (Lipinski definition) is 4. The lowest BCUT2D eigenvalue weighted by atomic mass is 10.2. The number of nitrogens with two attached hydrogens (primary N) is 1. The summed E-state index contributed by atoms with van der Waals surface area (Å²) in [7, 11) is 0. The van der Waals surface area contributed by atoms with Crippen LogP contribution in [0.15, 0.2) is 0 Å². The third kappa shape index (κ3) is 7.03. The highest BCUT2D eigenvalue weighted by Crippen LogP contribution is 2.07. The van der Waals surface area contributed by atoms with Gasteiger partial charge in [-0.3, -0.25) is 0 Å². The Balaban J connectivity index is 3.91. The smallest absolute Gasteiger partial charge is 0.407 e. The first-order valence-corrected chi connectivity index (χ1v) is 5.97. The lowest BCUT2D eigenvalue weighted by Gasteiger charge is -2.22. The topological polar surface area (TPSA) is 64.3 Å². The standard InChI is InChI=1S/C9H20N2O2S/c1-9(2,3)13-8(12)11-7(5-10)6-14-4/h7H,5-6,10H2,1-4H3,(H,11,12)/t7-/m0/s1. The molecular formula is C9H20N2O2S. The van der Waals surface area contributed by atoms with Crippen molar-refractivity contribution in [3.63, 3.8) is 0 Å². The van der Waals surface area contributed by atoms with Crippen molar-refractivity contribution in [2.75, 3.05) is 18.6 Å². The van der Waals surface area contributed by atoms with E-state index < -0.39 is 11.7 Å². The van der Waals surface area contributed by atoms with Crippen LogP contribution in [0.2, 0.25) is 0 Å². The summed E-state index contributed by atoms with van der Waals surface area (Å²) in [6.07, 6.45) is 1.57. The number of amides is 1. The van der Waals surface area contributed by atoms with Gasteiger partial charge >= 0.3 is 6.09 Å². The van der Waals surface area contributed by atoms with Crippen LogP contribution >= 0.6 is 11.8 Å². The van der Waals surface area contributed by atoms with Crippen LogP contribution in [0.1, 0.15) is 20.8 Å². The average molecular weight is 220 g/mol. The SMILES string of the molecule is CSC[C@H](CN)NC(=O)OC(C)(C)C. The molecule has 0 radical (unpaired) electrons. The third-order valence-electron chi connectivity index (χ3n) is 1.37. The fourth-order valence-corrected chi connectivity index (χ4v) is 1.47. The summed E-state index contributed by atoms with van der Waals surface area (Å²) in [6.45, 7) is 5.93. The van der Waals surface area contributed by atoms with Crippen molar-refractivity contribution in [3.8, 4) is 0 Å². The zero-order chi connectivity index (χ0) is 11.2. The number of carbonyl (C=O) groups is 1. The molecule has 0 saturated carbocycles. The fourth-order valence-electron chi connectivity index (χ4n) is 0.844.